The SMILES string of the molecule is CCOC(=O)C1C(C)=NC2=C(C(=O)OC2)C1c1ccccc1OC(F)F. The first-order valence-corrected chi connectivity index (χ1v) is 8.09. The van der Waals surface area contributed by atoms with E-state index in [1.54, 1.807) is 26.0 Å². The number of hydrogen-bond acceptors (Lipinski definition) is 6. The molecule has 0 aliphatic carbocycles. The number of rotatable bonds is 5. The predicted molar refractivity (Wildman–Crippen MR) is 87.0 cm³/mol. The molecule has 2 heterocycles. The van der Waals surface area contributed by atoms with Gasteiger partial charge in [0.2, 0.25) is 0 Å². The van der Waals surface area contributed by atoms with Crippen LogP contribution in [0.25, 0.3) is 0 Å². The predicted octanol–water partition coefficient (Wildman–Crippen LogP) is 2.84. The third kappa shape index (κ3) is 3.18. The number of benzene rings is 1. The monoisotopic (exact) mass is 365 g/mol. The average Bonchev–Trinajstić information content (AvgIpc) is 2.94. The molecule has 1 aromatic rings. The first kappa shape index (κ1) is 18.0. The summed E-state index contributed by atoms with van der Waals surface area (Å²) < 4.78 is 40.4. The van der Waals surface area contributed by atoms with Crippen LogP contribution in [0.5, 0.6) is 5.75 Å². The number of carbonyl (C=O) groups is 2. The third-order valence-corrected chi connectivity index (χ3v) is 4.29. The number of halogens is 2. The second kappa shape index (κ2) is 7.23. The molecule has 2 atom stereocenters. The van der Waals surface area contributed by atoms with Gasteiger partial charge in [0.1, 0.15) is 18.3 Å². The minimum absolute atomic E-state index is 0.0184. The van der Waals surface area contributed by atoms with Crippen molar-refractivity contribution in [1.82, 2.24) is 0 Å². The fraction of sp³-hybridized carbons (Fsp3) is 0.389. The number of esters is 2. The number of carbonyl (C=O) groups excluding carboxylic acids is 2. The van der Waals surface area contributed by atoms with Crippen molar-refractivity contribution in [3.05, 3.63) is 41.1 Å². The van der Waals surface area contributed by atoms with E-state index in [0.717, 1.165) is 0 Å². The topological polar surface area (TPSA) is 74.2 Å². The molecule has 6 nitrogen and oxygen atoms in total. The van der Waals surface area contributed by atoms with Gasteiger partial charge in [0.15, 0.2) is 0 Å². The Bertz CT molecular complexity index is 803. The summed E-state index contributed by atoms with van der Waals surface area (Å²) in [5, 5.41) is 0. The Morgan fingerprint density at radius 3 is 2.81 bits per heavy atom. The number of hydrogen-bond donors (Lipinski definition) is 0. The molecule has 26 heavy (non-hydrogen) atoms. The van der Waals surface area contributed by atoms with Crippen LogP contribution in [0.2, 0.25) is 0 Å². The first-order chi connectivity index (χ1) is 12.4. The van der Waals surface area contributed by atoms with Crippen LogP contribution in [0, 0.1) is 5.92 Å². The van der Waals surface area contributed by atoms with Gasteiger partial charge >= 0.3 is 18.6 Å². The van der Waals surface area contributed by atoms with Gasteiger partial charge in [0.25, 0.3) is 0 Å². The smallest absolute Gasteiger partial charge is 0.387 e. The molecular weight excluding hydrogens is 348 g/mol. The lowest BCUT2D eigenvalue weighted by molar-refractivity contribution is -0.146. The summed E-state index contributed by atoms with van der Waals surface area (Å²) in [6, 6.07) is 6.07. The molecule has 2 aliphatic heterocycles. The Kier molecular flexibility index (Phi) is 5.01. The highest BCUT2D eigenvalue weighted by Gasteiger charge is 2.46. The molecule has 0 bridgehead atoms. The molecule has 2 unspecified atom stereocenters. The van der Waals surface area contributed by atoms with Crippen LogP contribution >= 0.6 is 0 Å². The highest BCUT2D eigenvalue weighted by molar-refractivity contribution is 6.07. The Morgan fingerprint density at radius 1 is 1.38 bits per heavy atom. The van der Waals surface area contributed by atoms with Gasteiger partial charge in [-0.15, -0.1) is 0 Å². The van der Waals surface area contributed by atoms with Crippen LogP contribution in [-0.4, -0.2) is 37.5 Å². The van der Waals surface area contributed by atoms with Crippen LogP contribution in [0.15, 0.2) is 40.5 Å². The van der Waals surface area contributed by atoms with E-state index in [9.17, 15) is 18.4 Å². The molecule has 0 spiro atoms. The van der Waals surface area contributed by atoms with Crippen molar-refractivity contribution in [3.63, 3.8) is 0 Å². The Labute approximate surface area is 148 Å². The zero-order valence-electron chi connectivity index (χ0n) is 14.2. The summed E-state index contributed by atoms with van der Waals surface area (Å²) in [7, 11) is 0. The quantitative estimate of drug-likeness (QED) is 0.750. The van der Waals surface area contributed by atoms with Gasteiger partial charge in [0.05, 0.1) is 17.9 Å². The average molecular weight is 365 g/mol. The summed E-state index contributed by atoms with van der Waals surface area (Å²) in [5.41, 5.74) is 1.28. The molecule has 0 N–H and O–H groups in total. The van der Waals surface area contributed by atoms with Crippen molar-refractivity contribution in [2.45, 2.75) is 26.4 Å². The number of nitrogens with zero attached hydrogens (tertiary/aromatic N) is 1. The van der Waals surface area contributed by atoms with Crippen LogP contribution in [0.1, 0.15) is 25.3 Å². The summed E-state index contributed by atoms with van der Waals surface area (Å²) >= 11 is 0. The van der Waals surface area contributed by atoms with Crippen LogP contribution in [0.4, 0.5) is 8.78 Å². The molecule has 2 aliphatic rings. The van der Waals surface area contributed by atoms with Crippen LogP contribution in [0.3, 0.4) is 0 Å². The van der Waals surface area contributed by atoms with Gasteiger partial charge in [0, 0.05) is 17.2 Å². The maximum atomic E-state index is 12.8. The lowest BCUT2D eigenvalue weighted by Gasteiger charge is -2.30. The van der Waals surface area contributed by atoms with Crippen molar-refractivity contribution in [2.75, 3.05) is 13.2 Å². The molecule has 1 aromatic carbocycles. The molecule has 138 valence electrons. The zero-order valence-corrected chi connectivity index (χ0v) is 14.2. The molecule has 0 amide bonds. The van der Waals surface area contributed by atoms with E-state index in [1.807, 2.05) is 0 Å². The van der Waals surface area contributed by atoms with Gasteiger partial charge in [-0.3, -0.25) is 9.79 Å². The van der Waals surface area contributed by atoms with E-state index < -0.39 is 30.4 Å². The largest absolute Gasteiger partial charge is 0.465 e. The molecule has 0 fully saturated rings. The lowest BCUT2D eigenvalue weighted by Crippen LogP contribution is -2.35. The second-order valence-electron chi connectivity index (χ2n) is 5.81. The van der Waals surface area contributed by atoms with E-state index in [2.05, 4.69) is 9.73 Å². The fourth-order valence-electron chi connectivity index (χ4n) is 3.31. The summed E-state index contributed by atoms with van der Waals surface area (Å²) in [4.78, 5) is 29.1. The van der Waals surface area contributed by atoms with Gasteiger partial charge in [-0.25, -0.2) is 4.79 Å². The van der Waals surface area contributed by atoms with E-state index >= 15 is 0 Å². The highest BCUT2D eigenvalue weighted by atomic mass is 19.3. The third-order valence-electron chi connectivity index (χ3n) is 4.29. The summed E-state index contributed by atoms with van der Waals surface area (Å²) in [6.45, 7) is 0.373. The number of para-hydroxylation sites is 1. The minimum Gasteiger partial charge on any atom is -0.465 e. The number of ether oxygens (including phenoxy) is 3. The van der Waals surface area contributed by atoms with Crippen LogP contribution in [-0.2, 0) is 19.1 Å². The van der Waals surface area contributed by atoms with Crippen molar-refractivity contribution in [1.29, 1.82) is 0 Å². The Morgan fingerprint density at radius 2 is 2.12 bits per heavy atom. The van der Waals surface area contributed by atoms with E-state index in [1.165, 1.54) is 12.1 Å². The van der Waals surface area contributed by atoms with Crippen molar-refractivity contribution >= 4 is 17.7 Å². The summed E-state index contributed by atoms with van der Waals surface area (Å²) in [6.07, 6.45) is 0. The van der Waals surface area contributed by atoms with E-state index in [4.69, 9.17) is 9.47 Å². The van der Waals surface area contributed by atoms with Crippen molar-refractivity contribution in [2.24, 2.45) is 10.9 Å². The molecule has 8 heteroatoms. The standard InChI is InChI=1S/C18H17F2NO5/c1-3-24-16(22)13-9(2)21-11-8-25-17(23)15(11)14(13)10-6-4-5-7-12(10)26-18(19)20/h4-7,13-14,18H,3,8H2,1-2H3. The molecular formula is C18H17F2NO5. The zero-order chi connectivity index (χ0) is 18.8. The number of aliphatic imine (C=N–C) groups is 1. The summed E-state index contributed by atoms with van der Waals surface area (Å²) in [5.74, 6) is -3.12. The lowest BCUT2D eigenvalue weighted by atomic mass is 9.75. The van der Waals surface area contributed by atoms with Crippen molar-refractivity contribution in [3.8, 4) is 5.75 Å². The normalized spacial score (nSPS) is 22.0. The Hall–Kier alpha value is -2.77. The minimum atomic E-state index is -3.04. The molecule has 0 radical (unpaired) electrons. The maximum Gasteiger partial charge on any atom is 0.387 e. The molecule has 3 rings (SSSR count). The maximum absolute atomic E-state index is 12.8. The van der Waals surface area contributed by atoms with Gasteiger partial charge < -0.3 is 14.2 Å². The first-order valence-electron chi connectivity index (χ1n) is 8.09. The van der Waals surface area contributed by atoms with E-state index in [-0.39, 0.29) is 30.1 Å². The molecule has 0 aromatic heterocycles. The number of alkyl halides is 2. The number of cyclic esters (lactones) is 1. The highest BCUT2D eigenvalue weighted by Crippen LogP contribution is 2.45. The fourth-order valence-corrected chi connectivity index (χ4v) is 3.31. The van der Waals surface area contributed by atoms with Crippen molar-refractivity contribution < 1.29 is 32.6 Å². The Balaban J connectivity index is 2.15. The van der Waals surface area contributed by atoms with Gasteiger partial charge in [-0.2, -0.15) is 8.78 Å². The van der Waals surface area contributed by atoms with E-state index in [0.29, 0.717) is 11.4 Å². The van der Waals surface area contributed by atoms with Crippen LogP contribution < -0.4 is 4.74 Å². The molecule has 0 saturated heterocycles. The molecule has 0 saturated carbocycles. The van der Waals surface area contributed by atoms with Gasteiger partial charge in [-0.1, -0.05) is 18.2 Å². The second-order valence-corrected chi connectivity index (χ2v) is 5.81. The van der Waals surface area contributed by atoms with Gasteiger partial charge in [-0.05, 0) is 19.9 Å².